The first-order valence-corrected chi connectivity index (χ1v) is 7.26. The summed E-state index contributed by atoms with van der Waals surface area (Å²) >= 11 is 0. The molecule has 0 spiro atoms. The van der Waals surface area contributed by atoms with Gasteiger partial charge in [0.05, 0.1) is 0 Å². The Morgan fingerprint density at radius 3 is 2.35 bits per heavy atom. The van der Waals surface area contributed by atoms with Gasteiger partial charge >= 0.3 is 11.8 Å². The van der Waals surface area contributed by atoms with Gasteiger partial charge in [-0.3, -0.25) is 9.59 Å². The third-order valence-electron chi connectivity index (χ3n) is 3.21. The van der Waals surface area contributed by atoms with Crippen molar-refractivity contribution in [1.29, 1.82) is 0 Å². The van der Waals surface area contributed by atoms with E-state index in [0.717, 1.165) is 24.8 Å². The van der Waals surface area contributed by atoms with Crippen LogP contribution in [0.2, 0.25) is 0 Å². The summed E-state index contributed by atoms with van der Waals surface area (Å²) in [6.07, 6.45) is 3.07. The maximum Gasteiger partial charge on any atom is 0.309 e. The quantitative estimate of drug-likeness (QED) is 0.592. The zero-order chi connectivity index (χ0) is 14.8. The molecule has 0 bridgehead atoms. The Bertz CT molecular complexity index is 418. The number of carbonyl (C=O) groups is 2. The molecule has 4 nitrogen and oxygen atoms in total. The zero-order valence-electron chi connectivity index (χ0n) is 12.3. The third kappa shape index (κ3) is 5.87. The van der Waals surface area contributed by atoms with E-state index in [1.807, 2.05) is 37.3 Å². The predicted molar refractivity (Wildman–Crippen MR) is 80.4 cm³/mol. The van der Waals surface area contributed by atoms with Crippen molar-refractivity contribution in [2.45, 2.75) is 39.0 Å². The molecule has 0 aromatic heterocycles. The van der Waals surface area contributed by atoms with E-state index in [1.54, 1.807) is 0 Å². The minimum atomic E-state index is -0.552. The molecule has 0 fully saturated rings. The van der Waals surface area contributed by atoms with Crippen LogP contribution in [-0.4, -0.2) is 24.9 Å². The SMILES string of the molecule is CCCCCNC(=O)C(=O)NC[C@H](C)c1ccccc1. The lowest BCUT2D eigenvalue weighted by atomic mass is 10.0. The van der Waals surface area contributed by atoms with Gasteiger partial charge in [0.15, 0.2) is 0 Å². The van der Waals surface area contributed by atoms with Gasteiger partial charge in [-0.05, 0) is 17.9 Å². The summed E-state index contributed by atoms with van der Waals surface area (Å²) in [6.45, 7) is 5.15. The largest absolute Gasteiger partial charge is 0.348 e. The molecular formula is C16H24N2O2. The fourth-order valence-corrected chi connectivity index (χ4v) is 1.88. The van der Waals surface area contributed by atoms with Crippen molar-refractivity contribution in [3.63, 3.8) is 0 Å². The van der Waals surface area contributed by atoms with Crippen molar-refractivity contribution >= 4 is 11.8 Å². The van der Waals surface area contributed by atoms with E-state index in [0.29, 0.717) is 13.1 Å². The highest BCUT2D eigenvalue weighted by Crippen LogP contribution is 2.12. The lowest BCUT2D eigenvalue weighted by Crippen LogP contribution is -2.41. The summed E-state index contributed by atoms with van der Waals surface area (Å²) < 4.78 is 0. The number of hydrogen-bond acceptors (Lipinski definition) is 2. The molecule has 1 aromatic rings. The summed E-state index contributed by atoms with van der Waals surface area (Å²) in [5.41, 5.74) is 1.15. The second-order valence-electron chi connectivity index (χ2n) is 4.98. The molecular weight excluding hydrogens is 252 g/mol. The number of unbranched alkanes of at least 4 members (excludes halogenated alkanes) is 2. The van der Waals surface area contributed by atoms with Crippen LogP contribution in [0.15, 0.2) is 30.3 Å². The van der Waals surface area contributed by atoms with Gasteiger partial charge in [0.25, 0.3) is 0 Å². The normalized spacial score (nSPS) is 11.7. The topological polar surface area (TPSA) is 58.2 Å². The van der Waals surface area contributed by atoms with Crippen molar-refractivity contribution in [2.75, 3.05) is 13.1 Å². The van der Waals surface area contributed by atoms with Crippen LogP contribution in [0.5, 0.6) is 0 Å². The van der Waals surface area contributed by atoms with E-state index in [4.69, 9.17) is 0 Å². The van der Waals surface area contributed by atoms with Gasteiger partial charge in [-0.15, -0.1) is 0 Å². The van der Waals surface area contributed by atoms with Gasteiger partial charge < -0.3 is 10.6 Å². The number of rotatable bonds is 7. The van der Waals surface area contributed by atoms with E-state index in [1.165, 1.54) is 0 Å². The Morgan fingerprint density at radius 2 is 1.70 bits per heavy atom. The molecule has 1 rings (SSSR count). The van der Waals surface area contributed by atoms with E-state index >= 15 is 0 Å². The van der Waals surface area contributed by atoms with Crippen LogP contribution < -0.4 is 10.6 Å². The number of benzene rings is 1. The van der Waals surface area contributed by atoms with Crippen LogP contribution in [0.3, 0.4) is 0 Å². The van der Waals surface area contributed by atoms with Crippen LogP contribution in [0, 0.1) is 0 Å². The lowest BCUT2D eigenvalue weighted by Gasteiger charge is -2.12. The van der Waals surface area contributed by atoms with E-state index in [-0.39, 0.29) is 5.92 Å². The molecule has 0 saturated heterocycles. The van der Waals surface area contributed by atoms with Crippen LogP contribution in [0.4, 0.5) is 0 Å². The molecule has 0 radical (unpaired) electrons. The Morgan fingerprint density at radius 1 is 1.05 bits per heavy atom. The molecule has 2 amide bonds. The second kappa shape index (κ2) is 9.13. The number of hydrogen-bond donors (Lipinski definition) is 2. The minimum absolute atomic E-state index is 0.188. The van der Waals surface area contributed by atoms with Crippen molar-refractivity contribution < 1.29 is 9.59 Å². The Kier molecular flexibility index (Phi) is 7.40. The molecule has 4 heteroatoms. The van der Waals surface area contributed by atoms with E-state index in [9.17, 15) is 9.59 Å². The second-order valence-corrected chi connectivity index (χ2v) is 4.98. The third-order valence-corrected chi connectivity index (χ3v) is 3.21. The summed E-state index contributed by atoms with van der Waals surface area (Å²) in [5.74, 6) is -0.904. The maximum absolute atomic E-state index is 11.6. The van der Waals surface area contributed by atoms with Crippen LogP contribution >= 0.6 is 0 Å². The van der Waals surface area contributed by atoms with Crippen molar-refractivity contribution in [2.24, 2.45) is 0 Å². The highest BCUT2D eigenvalue weighted by Gasteiger charge is 2.14. The Balaban J connectivity index is 2.27. The molecule has 1 atom stereocenters. The molecule has 2 N–H and O–H groups in total. The zero-order valence-corrected chi connectivity index (χ0v) is 12.3. The van der Waals surface area contributed by atoms with Gasteiger partial charge in [0.2, 0.25) is 0 Å². The van der Waals surface area contributed by atoms with Gasteiger partial charge in [-0.2, -0.15) is 0 Å². The standard InChI is InChI=1S/C16H24N2O2/c1-3-4-8-11-17-15(19)16(20)18-12-13(2)14-9-6-5-7-10-14/h5-7,9-10,13H,3-4,8,11-12H2,1-2H3,(H,17,19)(H,18,20)/t13-/m0/s1. The van der Waals surface area contributed by atoms with Crippen molar-refractivity contribution in [3.05, 3.63) is 35.9 Å². The fraction of sp³-hybridized carbons (Fsp3) is 0.500. The smallest absolute Gasteiger partial charge is 0.309 e. The Labute approximate surface area is 121 Å². The average molecular weight is 276 g/mol. The molecule has 0 heterocycles. The first-order chi connectivity index (χ1) is 9.65. The first kappa shape index (κ1) is 16.2. The molecule has 0 aliphatic heterocycles. The Hall–Kier alpha value is -1.84. The average Bonchev–Trinajstić information content (AvgIpc) is 2.49. The van der Waals surface area contributed by atoms with Gasteiger partial charge in [-0.1, -0.05) is 57.0 Å². The predicted octanol–water partition coefficient (Wildman–Crippen LogP) is 2.21. The van der Waals surface area contributed by atoms with Crippen molar-refractivity contribution in [1.82, 2.24) is 10.6 Å². The highest BCUT2D eigenvalue weighted by atomic mass is 16.2. The molecule has 0 unspecified atom stereocenters. The highest BCUT2D eigenvalue weighted by molar-refractivity contribution is 6.35. The lowest BCUT2D eigenvalue weighted by molar-refractivity contribution is -0.139. The number of amides is 2. The summed E-state index contributed by atoms with van der Waals surface area (Å²) in [6, 6.07) is 9.92. The molecule has 0 aliphatic rings. The summed E-state index contributed by atoms with van der Waals surface area (Å²) in [4.78, 5) is 23.2. The maximum atomic E-state index is 11.6. The fourth-order valence-electron chi connectivity index (χ4n) is 1.88. The minimum Gasteiger partial charge on any atom is -0.348 e. The summed E-state index contributed by atoms with van der Waals surface area (Å²) in [5, 5.41) is 5.30. The molecule has 1 aromatic carbocycles. The first-order valence-electron chi connectivity index (χ1n) is 7.26. The molecule has 20 heavy (non-hydrogen) atoms. The van der Waals surface area contributed by atoms with Gasteiger partial charge in [-0.25, -0.2) is 0 Å². The monoisotopic (exact) mass is 276 g/mol. The van der Waals surface area contributed by atoms with Gasteiger partial charge in [0.1, 0.15) is 0 Å². The molecule has 0 aliphatic carbocycles. The number of nitrogens with one attached hydrogen (secondary N) is 2. The van der Waals surface area contributed by atoms with E-state index in [2.05, 4.69) is 17.6 Å². The number of carbonyl (C=O) groups excluding carboxylic acids is 2. The molecule has 110 valence electrons. The molecule has 0 saturated carbocycles. The van der Waals surface area contributed by atoms with Crippen LogP contribution in [0.25, 0.3) is 0 Å². The van der Waals surface area contributed by atoms with Gasteiger partial charge in [0, 0.05) is 13.1 Å². The summed E-state index contributed by atoms with van der Waals surface area (Å²) in [7, 11) is 0. The van der Waals surface area contributed by atoms with E-state index < -0.39 is 11.8 Å². The van der Waals surface area contributed by atoms with Crippen molar-refractivity contribution in [3.8, 4) is 0 Å². The van der Waals surface area contributed by atoms with Crippen LogP contribution in [-0.2, 0) is 9.59 Å². The van der Waals surface area contributed by atoms with Crippen LogP contribution in [0.1, 0.15) is 44.6 Å².